The first-order valence-corrected chi connectivity index (χ1v) is 8.54. The molecule has 0 saturated carbocycles. The summed E-state index contributed by atoms with van der Waals surface area (Å²) in [6.45, 7) is 3.55. The molecule has 0 aliphatic heterocycles. The summed E-state index contributed by atoms with van der Waals surface area (Å²) in [5, 5.41) is 0. The summed E-state index contributed by atoms with van der Waals surface area (Å²) in [6, 6.07) is 13.6. The molecule has 0 aromatic heterocycles. The van der Waals surface area contributed by atoms with Gasteiger partial charge in [-0.05, 0) is 37.3 Å². The van der Waals surface area contributed by atoms with E-state index in [0.717, 1.165) is 17.8 Å². The van der Waals surface area contributed by atoms with Crippen LogP contribution in [0, 0.1) is 0 Å². The number of rotatable bonds is 6. The van der Waals surface area contributed by atoms with Crippen LogP contribution in [0.5, 0.6) is 0 Å². The van der Waals surface area contributed by atoms with E-state index in [-0.39, 0.29) is 24.6 Å². The van der Waals surface area contributed by atoms with Crippen molar-refractivity contribution in [3.63, 3.8) is 0 Å². The average molecular weight is 378 g/mol. The average Bonchev–Trinajstić information content (AvgIpc) is 2.63. The number of benzene rings is 2. The minimum atomic E-state index is -4.50. The van der Waals surface area contributed by atoms with Crippen LogP contribution in [0.15, 0.2) is 54.6 Å². The third-order valence-corrected chi connectivity index (χ3v) is 4.10. The molecule has 4 nitrogen and oxygen atoms in total. The van der Waals surface area contributed by atoms with E-state index in [1.165, 1.54) is 24.0 Å². The second-order valence-electron chi connectivity index (χ2n) is 5.94. The van der Waals surface area contributed by atoms with Gasteiger partial charge in [0.1, 0.15) is 0 Å². The fourth-order valence-corrected chi connectivity index (χ4v) is 2.77. The van der Waals surface area contributed by atoms with Gasteiger partial charge in [-0.2, -0.15) is 13.2 Å². The summed E-state index contributed by atoms with van der Waals surface area (Å²) < 4.78 is 38.8. The van der Waals surface area contributed by atoms with Crippen LogP contribution in [0.4, 0.5) is 24.5 Å². The van der Waals surface area contributed by atoms with Gasteiger partial charge in [-0.25, -0.2) is 0 Å². The minimum absolute atomic E-state index is 0.00118. The van der Waals surface area contributed by atoms with Gasteiger partial charge in [-0.1, -0.05) is 24.3 Å². The van der Waals surface area contributed by atoms with Crippen molar-refractivity contribution in [2.45, 2.75) is 26.4 Å². The Balaban J connectivity index is 2.15. The van der Waals surface area contributed by atoms with Gasteiger partial charge in [-0.15, -0.1) is 0 Å². The molecule has 0 heterocycles. The summed E-state index contributed by atoms with van der Waals surface area (Å²) in [4.78, 5) is 27.3. The molecule has 0 N–H and O–H groups in total. The molecule has 144 valence electrons. The number of hydrogen-bond donors (Lipinski definition) is 0. The van der Waals surface area contributed by atoms with Crippen LogP contribution < -0.4 is 9.80 Å². The van der Waals surface area contributed by atoms with E-state index >= 15 is 0 Å². The maximum absolute atomic E-state index is 12.9. The molecule has 0 bridgehead atoms. The van der Waals surface area contributed by atoms with Crippen LogP contribution in [-0.2, 0) is 15.8 Å². The first-order chi connectivity index (χ1) is 12.7. The number of carbonyl (C=O) groups is 2. The van der Waals surface area contributed by atoms with Crippen molar-refractivity contribution in [1.29, 1.82) is 0 Å². The van der Waals surface area contributed by atoms with Crippen LogP contribution in [0.25, 0.3) is 0 Å². The maximum Gasteiger partial charge on any atom is 0.416 e. The van der Waals surface area contributed by atoms with Crippen molar-refractivity contribution >= 4 is 23.2 Å². The van der Waals surface area contributed by atoms with Gasteiger partial charge < -0.3 is 9.80 Å². The molecule has 0 fully saturated rings. The third-order valence-electron chi connectivity index (χ3n) is 4.10. The number of anilines is 2. The first kappa shape index (κ1) is 20.5. The lowest BCUT2D eigenvalue weighted by Crippen LogP contribution is -2.36. The van der Waals surface area contributed by atoms with Crippen molar-refractivity contribution in [3.05, 3.63) is 60.2 Å². The Kier molecular flexibility index (Phi) is 6.60. The Bertz CT molecular complexity index is 791. The van der Waals surface area contributed by atoms with Gasteiger partial charge in [0.25, 0.3) is 0 Å². The van der Waals surface area contributed by atoms with Gasteiger partial charge in [0.15, 0.2) is 0 Å². The van der Waals surface area contributed by atoms with Gasteiger partial charge in [-0.3, -0.25) is 9.59 Å². The monoisotopic (exact) mass is 378 g/mol. The Morgan fingerprint density at radius 2 is 1.56 bits per heavy atom. The van der Waals surface area contributed by atoms with Crippen LogP contribution >= 0.6 is 0 Å². The third kappa shape index (κ3) is 5.32. The summed E-state index contributed by atoms with van der Waals surface area (Å²) in [5.41, 5.74) is 0.0170. The molecular formula is C20H21F3N2O2. The Hall–Kier alpha value is -2.83. The number of para-hydroxylation sites is 1. The molecule has 0 radical (unpaired) electrons. The maximum atomic E-state index is 12.9. The standard InChI is InChI=1S/C20H21F3N2O2/c1-3-24(17-9-5-4-6-10-17)19(27)12-13-25(15(2)26)18-11-7-8-16(14-18)20(21,22)23/h4-11,14H,3,12-13H2,1-2H3. The van der Waals surface area contributed by atoms with E-state index in [1.54, 1.807) is 17.0 Å². The molecule has 7 heteroatoms. The minimum Gasteiger partial charge on any atom is -0.313 e. The molecule has 0 atom stereocenters. The highest BCUT2D eigenvalue weighted by atomic mass is 19.4. The lowest BCUT2D eigenvalue weighted by atomic mass is 10.1. The second kappa shape index (κ2) is 8.70. The zero-order valence-electron chi connectivity index (χ0n) is 15.2. The highest BCUT2D eigenvalue weighted by Gasteiger charge is 2.31. The molecule has 2 aromatic rings. The molecule has 2 amide bonds. The van der Waals surface area contributed by atoms with Gasteiger partial charge in [0.05, 0.1) is 5.56 Å². The normalized spacial score (nSPS) is 11.1. The second-order valence-corrected chi connectivity index (χ2v) is 5.94. The highest BCUT2D eigenvalue weighted by molar-refractivity contribution is 5.96. The fraction of sp³-hybridized carbons (Fsp3) is 0.300. The van der Waals surface area contributed by atoms with Crippen LogP contribution in [-0.4, -0.2) is 24.9 Å². The van der Waals surface area contributed by atoms with E-state index in [1.807, 2.05) is 25.1 Å². The number of alkyl halides is 3. The predicted molar refractivity (Wildman–Crippen MR) is 98.6 cm³/mol. The molecule has 2 aromatic carbocycles. The number of nitrogens with zero attached hydrogens (tertiary/aromatic N) is 2. The molecule has 0 aliphatic carbocycles. The molecule has 0 unspecified atom stereocenters. The molecule has 0 spiro atoms. The summed E-state index contributed by atoms with van der Waals surface area (Å²) in [6.07, 6.45) is -4.50. The SMILES string of the molecule is CCN(C(=O)CCN(C(C)=O)c1cccc(C(F)(F)F)c1)c1ccccc1. The first-order valence-electron chi connectivity index (χ1n) is 8.54. The quantitative estimate of drug-likeness (QED) is 0.743. The zero-order chi connectivity index (χ0) is 20.0. The number of amides is 2. The van der Waals surface area contributed by atoms with Gasteiger partial charge in [0, 0.05) is 37.8 Å². The predicted octanol–water partition coefficient (Wildman–Crippen LogP) is 4.50. The van der Waals surface area contributed by atoms with E-state index < -0.39 is 17.6 Å². The van der Waals surface area contributed by atoms with E-state index in [9.17, 15) is 22.8 Å². The van der Waals surface area contributed by atoms with Crippen molar-refractivity contribution in [2.24, 2.45) is 0 Å². The Morgan fingerprint density at radius 1 is 0.926 bits per heavy atom. The molecular weight excluding hydrogens is 357 g/mol. The largest absolute Gasteiger partial charge is 0.416 e. The highest BCUT2D eigenvalue weighted by Crippen LogP contribution is 2.31. The lowest BCUT2D eigenvalue weighted by Gasteiger charge is -2.25. The fourth-order valence-electron chi connectivity index (χ4n) is 2.77. The zero-order valence-corrected chi connectivity index (χ0v) is 15.2. The van der Waals surface area contributed by atoms with Crippen molar-refractivity contribution in [3.8, 4) is 0 Å². The number of halogens is 3. The van der Waals surface area contributed by atoms with Crippen molar-refractivity contribution < 1.29 is 22.8 Å². The van der Waals surface area contributed by atoms with Crippen molar-refractivity contribution in [1.82, 2.24) is 0 Å². The van der Waals surface area contributed by atoms with Gasteiger partial charge >= 0.3 is 6.18 Å². The summed E-state index contributed by atoms with van der Waals surface area (Å²) in [5.74, 6) is -0.633. The van der Waals surface area contributed by atoms with E-state index in [2.05, 4.69) is 0 Å². The van der Waals surface area contributed by atoms with Crippen molar-refractivity contribution in [2.75, 3.05) is 22.9 Å². The number of carbonyl (C=O) groups excluding carboxylic acids is 2. The summed E-state index contributed by atoms with van der Waals surface area (Å²) >= 11 is 0. The molecule has 0 saturated heterocycles. The lowest BCUT2D eigenvalue weighted by molar-refractivity contribution is -0.137. The van der Waals surface area contributed by atoms with Crippen LogP contribution in [0.2, 0.25) is 0 Å². The van der Waals surface area contributed by atoms with Gasteiger partial charge in [0.2, 0.25) is 11.8 Å². The molecule has 0 aliphatic rings. The van der Waals surface area contributed by atoms with Crippen LogP contribution in [0.1, 0.15) is 25.8 Å². The number of hydrogen-bond acceptors (Lipinski definition) is 2. The van der Waals surface area contributed by atoms with E-state index in [4.69, 9.17) is 0 Å². The van der Waals surface area contributed by atoms with Crippen LogP contribution in [0.3, 0.4) is 0 Å². The topological polar surface area (TPSA) is 40.6 Å². The van der Waals surface area contributed by atoms with E-state index in [0.29, 0.717) is 6.54 Å². The summed E-state index contributed by atoms with van der Waals surface area (Å²) in [7, 11) is 0. The molecule has 27 heavy (non-hydrogen) atoms. The Labute approximate surface area is 156 Å². The smallest absolute Gasteiger partial charge is 0.313 e. The molecule has 2 rings (SSSR count). The Morgan fingerprint density at radius 3 is 2.11 bits per heavy atom.